The number of carbonyl (C=O) groups is 1. The molecule has 4 aliphatic carbocycles. The summed E-state index contributed by atoms with van der Waals surface area (Å²) in [5.41, 5.74) is -0.989. The van der Waals surface area contributed by atoms with E-state index in [4.69, 9.17) is 42.6 Å². The number of hydrogen-bond donors (Lipinski definition) is 9. The fourth-order valence-corrected chi connectivity index (χ4v) is 14.3. The number of fused-ring (bicyclic) bond motifs is 5. The van der Waals surface area contributed by atoms with Crippen molar-refractivity contribution in [3.63, 3.8) is 0 Å². The lowest BCUT2D eigenvalue weighted by Crippen LogP contribution is -2.67. The molecule has 0 aromatic carbocycles. The minimum atomic E-state index is -1.65. The highest BCUT2D eigenvalue weighted by Crippen LogP contribution is 2.70. The maximum absolute atomic E-state index is 12.6. The third kappa shape index (κ3) is 8.64. The number of carbonyl (C=O) groups excluding carboxylic acids is 1. The normalized spacial score (nSPS) is 55.3. The van der Waals surface area contributed by atoms with Crippen LogP contribution in [0.4, 0.5) is 0 Å². The molecular formula is C47H74O19. The predicted molar refractivity (Wildman–Crippen MR) is 225 cm³/mol. The molecule has 9 aliphatic rings. The average Bonchev–Trinajstić information content (AvgIpc) is 3.82. The zero-order chi connectivity index (χ0) is 47.2. The van der Waals surface area contributed by atoms with E-state index >= 15 is 0 Å². The van der Waals surface area contributed by atoms with Gasteiger partial charge in [0.1, 0.15) is 49.3 Å². The van der Waals surface area contributed by atoms with Crippen LogP contribution in [0.3, 0.4) is 0 Å². The topological polar surface area (TPSA) is 282 Å². The van der Waals surface area contributed by atoms with Gasteiger partial charge in [0.15, 0.2) is 25.2 Å². The monoisotopic (exact) mass is 942 g/mol. The second-order valence-electron chi connectivity index (χ2n) is 21.6. The van der Waals surface area contributed by atoms with Gasteiger partial charge in [0.05, 0.1) is 61.0 Å². The van der Waals surface area contributed by atoms with Crippen molar-refractivity contribution in [1.29, 1.82) is 0 Å². The smallest absolute Gasteiger partial charge is 0.331 e. The van der Waals surface area contributed by atoms with Crippen LogP contribution < -0.4 is 0 Å². The lowest BCUT2D eigenvalue weighted by molar-refractivity contribution is -0.355. The zero-order valence-corrected chi connectivity index (χ0v) is 38.7. The summed E-state index contributed by atoms with van der Waals surface area (Å²) >= 11 is 0. The second-order valence-corrected chi connectivity index (χ2v) is 21.6. The van der Waals surface area contributed by atoms with Crippen molar-refractivity contribution < 1.29 is 93.4 Å². The molecule has 26 atom stereocenters. The first-order valence-electron chi connectivity index (χ1n) is 24.5. The highest BCUT2D eigenvalue weighted by atomic mass is 16.8. The van der Waals surface area contributed by atoms with Crippen LogP contribution in [-0.4, -0.2) is 187 Å². The Morgan fingerprint density at radius 1 is 0.652 bits per heavy atom. The molecule has 0 radical (unpaired) electrons. The Morgan fingerprint density at radius 2 is 1.23 bits per heavy atom. The van der Waals surface area contributed by atoms with Crippen molar-refractivity contribution in [2.45, 2.75) is 228 Å². The summed E-state index contributed by atoms with van der Waals surface area (Å²) in [5, 5.41) is 98.4. The summed E-state index contributed by atoms with van der Waals surface area (Å²) in [6.45, 7) is 9.11. The van der Waals surface area contributed by atoms with Gasteiger partial charge in [-0.3, -0.25) is 0 Å². The van der Waals surface area contributed by atoms with Gasteiger partial charge in [-0.15, -0.1) is 0 Å². The molecule has 4 saturated carbocycles. The number of aliphatic hydroxyl groups excluding tert-OH is 8. The van der Waals surface area contributed by atoms with Crippen LogP contribution in [0, 0.1) is 34.5 Å². The van der Waals surface area contributed by atoms with Gasteiger partial charge in [-0.25, -0.2) is 4.79 Å². The number of ether oxygens (including phenoxy) is 9. The SMILES string of the molecule is C[C@@H]1O[C@H](O[C@@H]2CC[C@@]3(C)[C@H](CC[C@@H]4[C@@H]3C[C@H](O)[C@]3(C)[C@H](C5=CC(=O)OC5)CC[C@@]43O)C2)C[C@H](O)[C@H]1O[C@@H]1C[C@H](O)[C@@H](O[C@@H]2C[C@H](O)[C@@H](O[C@H]3O[C@@H](CO)[C@H](O)[C@@H](O)[C@@H]3O)[C@H](C)O2)[C@H](C)O1. The van der Waals surface area contributed by atoms with Gasteiger partial charge in [0, 0.05) is 30.8 Å². The number of hydrogen-bond acceptors (Lipinski definition) is 19. The Bertz CT molecular complexity index is 1720. The molecule has 0 aromatic heterocycles. The fraction of sp³-hybridized carbons (Fsp3) is 0.936. The molecule has 9 N–H and O–H groups in total. The number of rotatable bonds is 10. The molecule has 4 saturated heterocycles. The summed E-state index contributed by atoms with van der Waals surface area (Å²) in [7, 11) is 0. The molecule has 0 spiro atoms. The maximum Gasteiger partial charge on any atom is 0.331 e. The molecule has 5 heterocycles. The van der Waals surface area contributed by atoms with Gasteiger partial charge in [0.2, 0.25) is 0 Å². The van der Waals surface area contributed by atoms with Crippen LogP contribution >= 0.6 is 0 Å². The number of aliphatic hydroxyl groups is 9. The first-order chi connectivity index (χ1) is 31.2. The molecule has 0 amide bonds. The first-order valence-corrected chi connectivity index (χ1v) is 24.5. The average molecular weight is 943 g/mol. The minimum absolute atomic E-state index is 0.0188. The van der Waals surface area contributed by atoms with Crippen LogP contribution in [0.25, 0.3) is 0 Å². The number of esters is 1. The van der Waals surface area contributed by atoms with Crippen LogP contribution in [0.15, 0.2) is 11.6 Å². The lowest BCUT2D eigenvalue weighted by Gasteiger charge is -2.65. The van der Waals surface area contributed by atoms with E-state index in [1.165, 1.54) is 0 Å². The minimum Gasteiger partial charge on any atom is -0.458 e. The van der Waals surface area contributed by atoms with Gasteiger partial charge in [0.25, 0.3) is 0 Å². The van der Waals surface area contributed by atoms with Crippen LogP contribution in [-0.2, 0) is 47.4 Å². The summed E-state index contributed by atoms with van der Waals surface area (Å²) in [5.74, 6) is 0.0825. The van der Waals surface area contributed by atoms with E-state index in [9.17, 15) is 50.8 Å². The van der Waals surface area contributed by atoms with E-state index in [-0.39, 0.29) is 61.1 Å². The number of cyclic esters (lactones) is 1. The Balaban J connectivity index is 0.737. The van der Waals surface area contributed by atoms with Gasteiger partial charge >= 0.3 is 5.97 Å². The van der Waals surface area contributed by atoms with Crippen LogP contribution in [0.2, 0.25) is 0 Å². The van der Waals surface area contributed by atoms with E-state index < -0.39 is 128 Å². The van der Waals surface area contributed by atoms with Crippen molar-refractivity contribution in [2.75, 3.05) is 13.2 Å². The Morgan fingerprint density at radius 3 is 1.77 bits per heavy atom. The third-order valence-corrected chi connectivity index (χ3v) is 18.1. The standard InChI is InChI=1S/C47H74O19/c1-20-41(64-36-16-30(50)42(21(2)60-36)65-37-17-31(51)43(22(3)61-37)66-44-40(56)39(55)38(54)32(18-48)63-44)29(49)15-35(59-20)62-25-8-10-45(4)24(13-25)6-7-27-28(45)14-33(52)46(5)26(9-11-47(27,46)57)23-12-34(53)58-19-23/h12,20-22,24-33,35-44,48-52,54-57H,6-11,13-19H2,1-5H3/t20-,21-,22-,24+,25+,26-,27+,28-,29-,30-,31-,32-,33-,35+,36+,37+,38-,39+,40-,41-,42-,43-,44+,45-,46-,47+/m0/s1. The molecule has 8 fully saturated rings. The first kappa shape index (κ1) is 49.5. The van der Waals surface area contributed by atoms with E-state index in [1.54, 1.807) is 19.9 Å². The molecule has 376 valence electrons. The molecular weight excluding hydrogens is 868 g/mol. The van der Waals surface area contributed by atoms with Crippen molar-refractivity contribution in [3.8, 4) is 0 Å². The summed E-state index contributed by atoms with van der Waals surface area (Å²) < 4.78 is 53.9. The van der Waals surface area contributed by atoms with Crippen molar-refractivity contribution >= 4 is 5.97 Å². The molecule has 19 heteroatoms. The molecule has 0 aromatic rings. The maximum atomic E-state index is 12.6. The van der Waals surface area contributed by atoms with Gasteiger partial charge < -0.3 is 88.6 Å². The summed E-state index contributed by atoms with van der Waals surface area (Å²) in [4.78, 5) is 12.0. The molecule has 19 nitrogen and oxygen atoms in total. The van der Waals surface area contributed by atoms with Crippen molar-refractivity contribution in [2.24, 2.45) is 34.5 Å². The molecule has 5 aliphatic heterocycles. The van der Waals surface area contributed by atoms with Gasteiger partial charge in [-0.2, -0.15) is 0 Å². The van der Waals surface area contributed by atoms with E-state index in [0.29, 0.717) is 18.8 Å². The summed E-state index contributed by atoms with van der Waals surface area (Å²) in [6, 6.07) is 0. The molecule has 0 bridgehead atoms. The molecule has 66 heavy (non-hydrogen) atoms. The summed E-state index contributed by atoms with van der Waals surface area (Å²) in [6.07, 6.45) is -10.8. The Hall–Kier alpha value is -1.47. The fourth-order valence-electron chi connectivity index (χ4n) is 14.3. The van der Waals surface area contributed by atoms with Gasteiger partial charge in [-0.1, -0.05) is 13.8 Å². The van der Waals surface area contributed by atoms with Crippen molar-refractivity contribution in [3.05, 3.63) is 11.6 Å². The van der Waals surface area contributed by atoms with E-state index in [1.807, 2.05) is 13.8 Å². The Kier molecular flexibility index (Phi) is 14.2. The van der Waals surface area contributed by atoms with E-state index in [0.717, 1.165) is 44.1 Å². The largest absolute Gasteiger partial charge is 0.458 e. The van der Waals surface area contributed by atoms with E-state index in [2.05, 4.69) is 6.92 Å². The lowest BCUT2D eigenvalue weighted by atomic mass is 9.42. The van der Waals surface area contributed by atoms with Crippen molar-refractivity contribution in [1.82, 2.24) is 0 Å². The van der Waals surface area contributed by atoms with Gasteiger partial charge in [-0.05, 0) is 107 Å². The molecule has 0 unspecified atom stereocenters. The van der Waals surface area contributed by atoms with Crippen LogP contribution in [0.5, 0.6) is 0 Å². The Labute approximate surface area is 385 Å². The highest BCUT2D eigenvalue weighted by Gasteiger charge is 2.71. The predicted octanol–water partition coefficient (Wildman–Crippen LogP) is 0.0423. The van der Waals surface area contributed by atoms with Crippen LogP contribution in [0.1, 0.15) is 105 Å². The highest BCUT2D eigenvalue weighted by molar-refractivity contribution is 5.85. The molecule has 9 rings (SSSR count). The quantitative estimate of drug-likeness (QED) is 0.103. The second kappa shape index (κ2) is 18.9. The third-order valence-electron chi connectivity index (χ3n) is 18.1. The zero-order valence-electron chi connectivity index (χ0n) is 38.7.